The molecule has 0 aliphatic heterocycles. The zero-order valence-corrected chi connectivity index (χ0v) is 12.8. The predicted molar refractivity (Wildman–Crippen MR) is 84.2 cm³/mol. The molecule has 1 radical (unpaired) electrons. The largest absolute Gasteiger partial charge is 0.365 e. The number of benzene rings is 1. The number of carbonyl (C=O) groups is 1. The second kappa shape index (κ2) is 5.36. The first-order valence-corrected chi connectivity index (χ1v) is 8.38. The molecule has 0 aliphatic carbocycles. The van der Waals surface area contributed by atoms with Crippen LogP contribution in [0, 0.1) is 6.33 Å². The van der Waals surface area contributed by atoms with E-state index in [1.807, 2.05) is 0 Å². The molecule has 8 nitrogen and oxygen atoms in total. The number of fused-ring (bicyclic) bond motifs is 1. The van der Waals surface area contributed by atoms with E-state index < -0.39 is 15.9 Å². The number of amides is 1. The summed E-state index contributed by atoms with van der Waals surface area (Å²) in [4.78, 5) is 15.3. The number of sulfonamides is 1. The number of aromatic nitrogens is 3. The Morgan fingerprint density at radius 1 is 1.30 bits per heavy atom. The van der Waals surface area contributed by atoms with Crippen LogP contribution in [0.5, 0.6) is 0 Å². The SMILES string of the molecule is CS(=O)(=O)Nc1cccc(-c2ccc(C(N)=O)c3n[c]nn23)c1. The maximum atomic E-state index is 11.4. The van der Waals surface area contributed by atoms with Crippen molar-refractivity contribution >= 4 is 27.3 Å². The molecule has 117 valence electrons. The van der Waals surface area contributed by atoms with Crippen molar-refractivity contribution in [2.75, 3.05) is 11.0 Å². The summed E-state index contributed by atoms with van der Waals surface area (Å²) in [7, 11) is -3.38. The molecular weight excluding hydrogens is 318 g/mol. The minimum atomic E-state index is -3.38. The van der Waals surface area contributed by atoms with Crippen LogP contribution in [0.2, 0.25) is 0 Å². The van der Waals surface area contributed by atoms with Crippen molar-refractivity contribution in [2.45, 2.75) is 0 Å². The summed E-state index contributed by atoms with van der Waals surface area (Å²) in [6.07, 6.45) is 3.51. The van der Waals surface area contributed by atoms with Gasteiger partial charge in [-0.3, -0.25) is 9.52 Å². The molecule has 0 saturated carbocycles. The van der Waals surface area contributed by atoms with E-state index in [-0.39, 0.29) is 11.2 Å². The van der Waals surface area contributed by atoms with Crippen LogP contribution < -0.4 is 10.5 Å². The Bertz CT molecular complexity index is 1010. The van der Waals surface area contributed by atoms with Crippen molar-refractivity contribution in [1.82, 2.24) is 14.6 Å². The molecule has 2 aromatic heterocycles. The molecule has 9 heteroatoms. The number of pyridine rings is 1. The Kier molecular flexibility index (Phi) is 3.49. The van der Waals surface area contributed by atoms with Gasteiger partial charge in [-0.25, -0.2) is 17.9 Å². The molecule has 2 heterocycles. The monoisotopic (exact) mass is 330 g/mol. The molecule has 0 saturated heterocycles. The molecular formula is C14H12N5O3S. The van der Waals surface area contributed by atoms with Crippen molar-refractivity contribution in [3.63, 3.8) is 0 Å². The maximum Gasteiger partial charge on any atom is 0.252 e. The number of nitrogens with zero attached hydrogens (tertiary/aromatic N) is 3. The fourth-order valence-electron chi connectivity index (χ4n) is 2.23. The van der Waals surface area contributed by atoms with Crippen LogP contribution in [0.4, 0.5) is 5.69 Å². The average Bonchev–Trinajstić information content (AvgIpc) is 2.93. The van der Waals surface area contributed by atoms with Crippen LogP contribution in [-0.2, 0) is 10.0 Å². The molecule has 3 rings (SSSR count). The Balaban J connectivity index is 2.15. The first-order valence-electron chi connectivity index (χ1n) is 6.49. The number of hydrogen-bond donors (Lipinski definition) is 2. The van der Waals surface area contributed by atoms with E-state index in [2.05, 4.69) is 21.1 Å². The second-order valence-corrected chi connectivity index (χ2v) is 6.65. The maximum absolute atomic E-state index is 11.4. The summed E-state index contributed by atoms with van der Waals surface area (Å²) < 4.78 is 26.5. The minimum absolute atomic E-state index is 0.230. The Labute approximate surface area is 132 Å². The molecule has 1 aromatic carbocycles. The molecule has 0 atom stereocenters. The molecule has 23 heavy (non-hydrogen) atoms. The highest BCUT2D eigenvalue weighted by Gasteiger charge is 2.14. The zero-order chi connectivity index (χ0) is 16.6. The summed E-state index contributed by atoms with van der Waals surface area (Å²) in [5.41, 5.74) is 7.56. The van der Waals surface area contributed by atoms with Crippen molar-refractivity contribution in [2.24, 2.45) is 5.73 Å². The van der Waals surface area contributed by atoms with Crippen molar-refractivity contribution < 1.29 is 13.2 Å². The van der Waals surface area contributed by atoms with Crippen LogP contribution in [0.25, 0.3) is 16.9 Å². The molecule has 3 aromatic rings. The topological polar surface area (TPSA) is 119 Å². The lowest BCUT2D eigenvalue weighted by molar-refractivity contribution is 0.100. The van der Waals surface area contributed by atoms with Crippen LogP contribution in [-0.4, -0.2) is 35.2 Å². The van der Waals surface area contributed by atoms with Crippen LogP contribution >= 0.6 is 0 Å². The third-order valence-corrected chi connectivity index (χ3v) is 3.71. The Hall–Kier alpha value is -2.94. The van der Waals surface area contributed by atoms with Gasteiger partial charge in [0.1, 0.15) is 0 Å². The molecule has 0 spiro atoms. The first-order chi connectivity index (χ1) is 10.8. The second-order valence-electron chi connectivity index (χ2n) is 4.90. The van der Waals surface area contributed by atoms with Crippen molar-refractivity contribution in [1.29, 1.82) is 0 Å². The van der Waals surface area contributed by atoms with Gasteiger partial charge in [0.2, 0.25) is 16.4 Å². The molecule has 0 aliphatic rings. The van der Waals surface area contributed by atoms with Crippen molar-refractivity contribution in [3.8, 4) is 11.3 Å². The highest BCUT2D eigenvalue weighted by molar-refractivity contribution is 7.92. The number of carbonyl (C=O) groups excluding carboxylic acids is 1. The summed E-state index contributed by atoms with van der Waals surface area (Å²) in [5.74, 6) is -0.615. The van der Waals surface area contributed by atoms with Gasteiger partial charge in [0.15, 0.2) is 5.65 Å². The fourth-order valence-corrected chi connectivity index (χ4v) is 2.78. The normalized spacial score (nSPS) is 11.5. The number of rotatable bonds is 4. The third-order valence-electron chi connectivity index (χ3n) is 3.11. The molecule has 3 N–H and O–H groups in total. The van der Waals surface area contributed by atoms with Gasteiger partial charge >= 0.3 is 0 Å². The summed E-state index contributed by atoms with van der Waals surface area (Å²) in [6, 6.07) is 9.99. The first kappa shape index (κ1) is 15.0. The Morgan fingerprint density at radius 3 is 2.78 bits per heavy atom. The van der Waals surface area contributed by atoms with Gasteiger partial charge in [0, 0.05) is 11.3 Å². The van der Waals surface area contributed by atoms with E-state index in [1.54, 1.807) is 36.4 Å². The third kappa shape index (κ3) is 2.99. The quantitative estimate of drug-likeness (QED) is 0.728. The van der Waals surface area contributed by atoms with E-state index in [0.717, 1.165) is 6.26 Å². The zero-order valence-electron chi connectivity index (χ0n) is 12.0. The summed E-state index contributed by atoms with van der Waals surface area (Å²) in [5, 5.41) is 3.98. The smallest absolute Gasteiger partial charge is 0.252 e. The highest BCUT2D eigenvalue weighted by atomic mass is 32.2. The lowest BCUT2D eigenvalue weighted by atomic mass is 10.1. The van der Waals surface area contributed by atoms with Crippen LogP contribution in [0.1, 0.15) is 10.4 Å². The predicted octanol–water partition coefficient (Wildman–Crippen LogP) is 0.667. The lowest BCUT2D eigenvalue weighted by Gasteiger charge is -2.09. The standard InChI is InChI=1S/C14H12N5O3S/c1-23(21,22)18-10-4-2-3-9(7-10)12-6-5-11(13(15)20)14-16-8-17-19(12)14/h2-7,18H,1H3,(H2,15,20). The number of nitrogens with one attached hydrogen (secondary N) is 1. The molecule has 0 fully saturated rings. The molecule has 0 bridgehead atoms. The Morgan fingerprint density at radius 2 is 2.09 bits per heavy atom. The van der Waals surface area contributed by atoms with Gasteiger partial charge in [-0.05, 0) is 24.3 Å². The van der Waals surface area contributed by atoms with Gasteiger partial charge in [0.25, 0.3) is 5.91 Å². The van der Waals surface area contributed by atoms with E-state index in [9.17, 15) is 13.2 Å². The number of nitrogens with two attached hydrogens (primary N) is 1. The van der Waals surface area contributed by atoms with Crippen molar-refractivity contribution in [3.05, 3.63) is 48.3 Å². The summed E-state index contributed by atoms with van der Waals surface area (Å²) >= 11 is 0. The van der Waals surface area contributed by atoms with Crippen LogP contribution in [0.15, 0.2) is 36.4 Å². The van der Waals surface area contributed by atoms with Gasteiger partial charge in [-0.2, -0.15) is 0 Å². The molecule has 1 amide bonds. The van der Waals surface area contributed by atoms with E-state index in [1.165, 1.54) is 4.52 Å². The van der Waals surface area contributed by atoms with E-state index >= 15 is 0 Å². The van der Waals surface area contributed by atoms with E-state index in [4.69, 9.17) is 5.73 Å². The number of hydrogen-bond acceptors (Lipinski definition) is 5. The lowest BCUT2D eigenvalue weighted by Crippen LogP contribution is -2.13. The number of anilines is 1. The van der Waals surface area contributed by atoms with Crippen LogP contribution in [0.3, 0.4) is 0 Å². The van der Waals surface area contributed by atoms with E-state index in [0.29, 0.717) is 16.9 Å². The average molecular weight is 330 g/mol. The minimum Gasteiger partial charge on any atom is -0.365 e. The van der Waals surface area contributed by atoms with Gasteiger partial charge in [-0.15, -0.1) is 5.10 Å². The highest BCUT2D eigenvalue weighted by Crippen LogP contribution is 2.24. The van der Waals surface area contributed by atoms with Gasteiger partial charge in [0.05, 0.1) is 17.5 Å². The summed E-state index contributed by atoms with van der Waals surface area (Å²) in [6.45, 7) is 0. The molecule has 0 unspecified atom stereocenters. The van der Waals surface area contributed by atoms with Gasteiger partial charge in [-0.1, -0.05) is 12.1 Å². The fraction of sp³-hybridized carbons (Fsp3) is 0.0714. The number of primary amides is 1. The van der Waals surface area contributed by atoms with Gasteiger partial charge < -0.3 is 5.73 Å².